The SMILES string of the molecule is Cc1ccc2c(c1)CC(COC(C)C(=O)O)O2. The molecule has 2 atom stereocenters. The number of benzene rings is 1. The summed E-state index contributed by atoms with van der Waals surface area (Å²) in [5, 5.41) is 8.70. The molecule has 1 aliphatic heterocycles. The van der Waals surface area contributed by atoms with Gasteiger partial charge in [-0.15, -0.1) is 0 Å². The summed E-state index contributed by atoms with van der Waals surface area (Å²) in [6.45, 7) is 3.87. The molecule has 4 nitrogen and oxygen atoms in total. The zero-order valence-electron chi connectivity index (χ0n) is 9.97. The molecule has 0 bridgehead atoms. The molecule has 0 amide bonds. The molecule has 0 radical (unpaired) electrons. The average molecular weight is 236 g/mol. The van der Waals surface area contributed by atoms with Crippen LogP contribution in [0.15, 0.2) is 18.2 Å². The number of carbonyl (C=O) groups is 1. The number of aryl methyl sites for hydroxylation is 1. The zero-order chi connectivity index (χ0) is 12.4. The van der Waals surface area contributed by atoms with Gasteiger partial charge in [0.25, 0.3) is 0 Å². The molecule has 0 aromatic heterocycles. The lowest BCUT2D eigenvalue weighted by atomic mass is 10.1. The minimum absolute atomic E-state index is 0.0754. The van der Waals surface area contributed by atoms with Gasteiger partial charge in [-0.1, -0.05) is 17.7 Å². The average Bonchev–Trinajstić information content (AvgIpc) is 2.67. The lowest BCUT2D eigenvalue weighted by Crippen LogP contribution is -2.27. The number of rotatable bonds is 4. The van der Waals surface area contributed by atoms with E-state index in [1.54, 1.807) is 0 Å². The lowest BCUT2D eigenvalue weighted by molar-refractivity contribution is -0.150. The van der Waals surface area contributed by atoms with Crippen molar-refractivity contribution in [1.29, 1.82) is 0 Å². The Kier molecular flexibility index (Phi) is 3.33. The Balaban J connectivity index is 1.90. The summed E-state index contributed by atoms with van der Waals surface area (Å²) in [6.07, 6.45) is -0.0822. The van der Waals surface area contributed by atoms with Crippen LogP contribution in [0.5, 0.6) is 5.75 Å². The van der Waals surface area contributed by atoms with Gasteiger partial charge in [0.1, 0.15) is 11.9 Å². The highest BCUT2D eigenvalue weighted by Crippen LogP contribution is 2.29. The highest BCUT2D eigenvalue weighted by Gasteiger charge is 2.24. The molecule has 1 aromatic carbocycles. The minimum atomic E-state index is -0.948. The maximum absolute atomic E-state index is 10.6. The van der Waals surface area contributed by atoms with Crippen LogP contribution < -0.4 is 4.74 Å². The van der Waals surface area contributed by atoms with Crippen LogP contribution >= 0.6 is 0 Å². The molecule has 4 heteroatoms. The number of fused-ring (bicyclic) bond motifs is 1. The Bertz CT molecular complexity index is 427. The molecule has 2 rings (SSSR count). The van der Waals surface area contributed by atoms with E-state index in [1.165, 1.54) is 18.1 Å². The first-order chi connectivity index (χ1) is 8.06. The van der Waals surface area contributed by atoms with Crippen molar-refractivity contribution in [3.63, 3.8) is 0 Å². The molecule has 2 unspecified atom stereocenters. The van der Waals surface area contributed by atoms with E-state index in [9.17, 15) is 4.79 Å². The summed E-state index contributed by atoms with van der Waals surface area (Å²) >= 11 is 0. The van der Waals surface area contributed by atoms with Crippen molar-refractivity contribution < 1.29 is 19.4 Å². The molecule has 1 heterocycles. The second kappa shape index (κ2) is 4.75. The molecule has 1 N–H and O–H groups in total. The van der Waals surface area contributed by atoms with E-state index in [1.807, 2.05) is 19.1 Å². The van der Waals surface area contributed by atoms with Gasteiger partial charge in [-0.2, -0.15) is 0 Å². The van der Waals surface area contributed by atoms with Crippen molar-refractivity contribution in [2.45, 2.75) is 32.5 Å². The van der Waals surface area contributed by atoms with Gasteiger partial charge in [0.2, 0.25) is 0 Å². The molecular formula is C13H16O4. The third kappa shape index (κ3) is 2.77. The van der Waals surface area contributed by atoms with Crippen LogP contribution in [0, 0.1) is 6.92 Å². The van der Waals surface area contributed by atoms with Gasteiger partial charge in [-0.25, -0.2) is 4.79 Å². The van der Waals surface area contributed by atoms with Crippen LogP contribution in [0.2, 0.25) is 0 Å². The summed E-state index contributed by atoms with van der Waals surface area (Å²) < 4.78 is 10.9. The van der Waals surface area contributed by atoms with E-state index < -0.39 is 12.1 Å². The van der Waals surface area contributed by atoms with Gasteiger partial charge in [0.15, 0.2) is 6.10 Å². The monoisotopic (exact) mass is 236 g/mol. The Morgan fingerprint density at radius 3 is 3.12 bits per heavy atom. The van der Waals surface area contributed by atoms with Crippen LogP contribution in [0.3, 0.4) is 0 Å². The van der Waals surface area contributed by atoms with Gasteiger partial charge < -0.3 is 14.6 Å². The van der Waals surface area contributed by atoms with E-state index in [4.69, 9.17) is 14.6 Å². The van der Waals surface area contributed by atoms with Gasteiger partial charge >= 0.3 is 5.97 Å². The Hall–Kier alpha value is -1.55. The molecule has 0 saturated heterocycles. The predicted molar refractivity (Wildman–Crippen MR) is 62.3 cm³/mol. The molecule has 17 heavy (non-hydrogen) atoms. The van der Waals surface area contributed by atoms with Crippen molar-refractivity contribution in [1.82, 2.24) is 0 Å². The first-order valence-corrected chi connectivity index (χ1v) is 5.67. The van der Waals surface area contributed by atoms with Crippen molar-refractivity contribution in [3.8, 4) is 5.75 Å². The molecule has 1 aromatic rings. The van der Waals surface area contributed by atoms with Crippen LogP contribution in [0.25, 0.3) is 0 Å². The summed E-state index contributed by atoms with van der Waals surface area (Å²) in [6, 6.07) is 6.04. The maximum Gasteiger partial charge on any atom is 0.332 e. The highest BCUT2D eigenvalue weighted by molar-refractivity contribution is 5.71. The van der Waals surface area contributed by atoms with E-state index >= 15 is 0 Å². The first kappa shape index (κ1) is 11.9. The molecule has 92 valence electrons. The fourth-order valence-corrected chi connectivity index (χ4v) is 1.87. The van der Waals surface area contributed by atoms with Crippen LogP contribution in [0.1, 0.15) is 18.1 Å². The largest absolute Gasteiger partial charge is 0.487 e. The molecule has 0 saturated carbocycles. The third-order valence-electron chi connectivity index (χ3n) is 2.84. The predicted octanol–water partition coefficient (Wildman–Crippen LogP) is 1.79. The van der Waals surface area contributed by atoms with E-state index in [0.29, 0.717) is 6.61 Å². The number of hydrogen-bond donors (Lipinski definition) is 1. The standard InChI is InChI=1S/C13H16O4/c1-8-3-4-12-10(5-8)6-11(17-12)7-16-9(2)13(14)15/h3-5,9,11H,6-7H2,1-2H3,(H,14,15). The number of ether oxygens (including phenoxy) is 2. The number of carboxylic acids is 1. The molecule has 1 aliphatic rings. The van der Waals surface area contributed by atoms with Gasteiger partial charge in [0, 0.05) is 6.42 Å². The number of aliphatic carboxylic acids is 1. The van der Waals surface area contributed by atoms with Gasteiger partial charge in [0.05, 0.1) is 6.61 Å². The van der Waals surface area contributed by atoms with Crippen LogP contribution in [-0.4, -0.2) is 29.9 Å². The normalized spacial score (nSPS) is 19.5. The van der Waals surface area contributed by atoms with Crippen molar-refractivity contribution in [2.75, 3.05) is 6.61 Å². The van der Waals surface area contributed by atoms with E-state index in [2.05, 4.69) is 6.07 Å². The van der Waals surface area contributed by atoms with Crippen molar-refractivity contribution >= 4 is 5.97 Å². The van der Waals surface area contributed by atoms with Crippen molar-refractivity contribution in [2.24, 2.45) is 0 Å². The van der Waals surface area contributed by atoms with E-state index in [-0.39, 0.29) is 6.10 Å². The Morgan fingerprint density at radius 1 is 1.65 bits per heavy atom. The molecule has 0 aliphatic carbocycles. The summed E-state index contributed by atoms with van der Waals surface area (Å²) in [5.74, 6) is -0.0662. The van der Waals surface area contributed by atoms with Gasteiger partial charge in [-0.3, -0.25) is 0 Å². The molecular weight excluding hydrogens is 220 g/mol. The summed E-state index contributed by atoms with van der Waals surface area (Å²) in [5.41, 5.74) is 2.37. The van der Waals surface area contributed by atoms with Crippen LogP contribution in [0.4, 0.5) is 0 Å². The summed E-state index contributed by atoms with van der Waals surface area (Å²) in [4.78, 5) is 10.6. The highest BCUT2D eigenvalue weighted by atomic mass is 16.6. The molecule has 0 spiro atoms. The Labute approximate surface area is 100 Å². The van der Waals surface area contributed by atoms with Gasteiger partial charge in [-0.05, 0) is 25.5 Å². The quantitative estimate of drug-likeness (QED) is 0.865. The minimum Gasteiger partial charge on any atom is -0.487 e. The summed E-state index contributed by atoms with van der Waals surface area (Å²) in [7, 11) is 0. The first-order valence-electron chi connectivity index (χ1n) is 5.67. The smallest absolute Gasteiger partial charge is 0.332 e. The van der Waals surface area contributed by atoms with E-state index in [0.717, 1.165) is 12.2 Å². The number of carboxylic acid groups (broad SMARTS) is 1. The Morgan fingerprint density at radius 2 is 2.41 bits per heavy atom. The number of hydrogen-bond acceptors (Lipinski definition) is 3. The fraction of sp³-hybridized carbons (Fsp3) is 0.462. The molecule has 0 fully saturated rings. The zero-order valence-corrected chi connectivity index (χ0v) is 9.97. The second-order valence-electron chi connectivity index (χ2n) is 4.37. The van der Waals surface area contributed by atoms with Crippen molar-refractivity contribution in [3.05, 3.63) is 29.3 Å². The van der Waals surface area contributed by atoms with Crippen LogP contribution in [-0.2, 0) is 16.0 Å². The topological polar surface area (TPSA) is 55.8 Å². The third-order valence-corrected chi connectivity index (χ3v) is 2.84. The maximum atomic E-state index is 10.6. The second-order valence-corrected chi connectivity index (χ2v) is 4.37. The lowest BCUT2D eigenvalue weighted by Gasteiger charge is -2.13. The fourth-order valence-electron chi connectivity index (χ4n) is 1.87.